The SMILES string of the molecule is C=CC1=C(C(=O)OC(c2ccccc2)c2ccccc2)N2C(=O)C(NC(=O)C(NC(=O)OC(C)(C)C)c3csc(NC(=O)C(F)(F)F)n3)[C@@H]2SC1. The second-order valence-electron chi connectivity index (χ2n) is 12.2. The third kappa shape index (κ3) is 8.60. The summed E-state index contributed by atoms with van der Waals surface area (Å²) in [6, 6.07) is 15.3. The van der Waals surface area contributed by atoms with Crippen molar-refractivity contribution in [3.05, 3.63) is 107 Å². The molecule has 0 saturated carbocycles. The Morgan fingerprint density at radius 3 is 2.18 bits per heavy atom. The van der Waals surface area contributed by atoms with E-state index in [0.717, 1.165) is 0 Å². The number of nitrogens with one attached hydrogen (secondary N) is 3. The number of hydrogen-bond acceptors (Lipinski definition) is 10. The van der Waals surface area contributed by atoms with Gasteiger partial charge in [-0.3, -0.25) is 24.6 Å². The molecule has 2 aromatic carbocycles. The number of fused-ring (bicyclic) bond motifs is 1. The van der Waals surface area contributed by atoms with E-state index in [9.17, 15) is 37.1 Å². The number of benzene rings is 2. The lowest BCUT2D eigenvalue weighted by molar-refractivity contribution is -0.167. The van der Waals surface area contributed by atoms with E-state index in [0.29, 0.717) is 28.0 Å². The molecule has 1 saturated heterocycles. The number of nitrogens with zero attached hydrogens (tertiary/aromatic N) is 2. The van der Waals surface area contributed by atoms with Gasteiger partial charge in [0.25, 0.3) is 5.91 Å². The third-order valence-electron chi connectivity index (χ3n) is 7.38. The summed E-state index contributed by atoms with van der Waals surface area (Å²) in [4.78, 5) is 70.5. The first kappa shape index (κ1) is 37.1. The molecule has 0 bridgehead atoms. The molecule has 2 aliphatic rings. The monoisotopic (exact) mass is 743 g/mol. The summed E-state index contributed by atoms with van der Waals surface area (Å²) in [6.07, 6.45) is -5.60. The fraction of sp³-hybridized carbons (Fsp3) is 0.294. The molecule has 3 N–H and O–H groups in total. The van der Waals surface area contributed by atoms with Gasteiger partial charge in [0.05, 0.1) is 5.69 Å². The van der Waals surface area contributed by atoms with Gasteiger partial charge in [0.15, 0.2) is 17.3 Å². The minimum atomic E-state index is -5.19. The third-order valence-corrected chi connectivity index (χ3v) is 9.46. The van der Waals surface area contributed by atoms with Crippen LogP contribution in [0, 0.1) is 0 Å². The number of hydrogen-bond donors (Lipinski definition) is 3. The molecule has 1 aromatic heterocycles. The number of alkyl halides is 3. The van der Waals surface area contributed by atoms with E-state index in [4.69, 9.17) is 9.47 Å². The Labute approximate surface area is 298 Å². The van der Waals surface area contributed by atoms with Crippen LogP contribution in [0.1, 0.15) is 49.7 Å². The van der Waals surface area contributed by atoms with Crippen molar-refractivity contribution in [2.24, 2.45) is 0 Å². The molecule has 3 atom stereocenters. The lowest BCUT2D eigenvalue weighted by atomic mass is 10.0. The highest BCUT2D eigenvalue weighted by atomic mass is 32.2. The molecule has 3 heterocycles. The van der Waals surface area contributed by atoms with E-state index < -0.39 is 70.3 Å². The normalized spacial score (nSPS) is 17.9. The van der Waals surface area contributed by atoms with Gasteiger partial charge in [-0.1, -0.05) is 73.3 Å². The average Bonchev–Trinajstić information content (AvgIpc) is 3.55. The van der Waals surface area contributed by atoms with Gasteiger partial charge in [0, 0.05) is 11.1 Å². The van der Waals surface area contributed by atoms with Crippen LogP contribution < -0.4 is 16.0 Å². The number of aromatic nitrogens is 1. The Morgan fingerprint density at radius 2 is 1.63 bits per heavy atom. The molecule has 51 heavy (non-hydrogen) atoms. The number of carbonyl (C=O) groups excluding carboxylic acids is 5. The molecule has 1 fully saturated rings. The summed E-state index contributed by atoms with van der Waals surface area (Å²) in [6.45, 7) is 8.53. The summed E-state index contributed by atoms with van der Waals surface area (Å²) in [5.74, 6) is -4.43. The van der Waals surface area contributed by atoms with Crippen molar-refractivity contribution in [2.45, 2.75) is 56.1 Å². The van der Waals surface area contributed by atoms with Crippen LogP contribution in [0.3, 0.4) is 0 Å². The van der Waals surface area contributed by atoms with E-state index in [-0.39, 0.29) is 17.1 Å². The van der Waals surface area contributed by atoms with Crippen molar-refractivity contribution in [3.63, 3.8) is 0 Å². The van der Waals surface area contributed by atoms with Crippen LogP contribution in [0.25, 0.3) is 0 Å². The van der Waals surface area contributed by atoms with Crippen LogP contribution in [0.2, 0.25) is 0 Å². The quantitative estimate of drug-likeness (QED) is 0.183. The highest BCUT2D eigenvalue weighted by Gasteiger charge is 2.55. The number of esters is 1. The summed E-state index contributed by atoms with van der Waals surface area (Å²) < 4.78 is 49.7. The number of alkyl carbamates (subject to hydrolysis) is 1. The standard InChI is InChI=1S/C34H32F3N5O7S2/c1-5-18-16-50-28-23(27(44)42(28)24(18)29(45)48-25(19-12-8-6-9-13-19)20-14-10-7-11-15-20)39-26(43)22(40-32(47)49-33(2,3)4)21-17-51-31(38-21)41-30(46)34(35,36)37/h5-15,17,22-23,25,28H,1,16H2,2-4H3,(H,39,43)(H,40,47)(H,38,41,46)/t22?,23?,28-/m0/s1. The van der Waals surface area contributed by atoms with Crippen molar-refractivity contribution in [1.82, 2.24) is 20.5 Å². The van der Waals surface area contributed by atoms with E-state index >= 15 is 0 Å². The summed E-state index contributed by atoms with van der Waals surface area (Å²) >= 11 is 1.83. The molecule has 17 heteroatoms. The van der Waals surface area contributed by atoms with E-state index in [1.807, 2.05) is 60.7 Å². The number of carbonyl (C=O) groups is 5. The van der Waals surface area contributed by atoms with Crippen LogP contribution in [0.15, 0.2) is 90.0 Å². The van der Waals surface area contributed by atoms with Gasteiger partial charge >= 0.3 is 24.1 Å². The van der Waals surface area contributed by atoms with E-state index in [2.05, 4.69) is 22.2 Å². The van der Waals surface area contributed by atoms with E-state index in [1.54, 1.807) is 26.1 Å². The van der Waals surface area contributed by atoms with Gasteiger partial charge in [0.2, 0.25) is 5.91 Å². The minimum absolute atomic E-state index is 0.0332. The summed E-state index contributed by atoms with van der Waals surface area (Å²) in [7, 11) is 0. The molecular formula is C34H32F3N5O7S2. The maximum Gasteiger partial charge on any atom is 0.471 e. The Hall–Kier alpha value is -5.16. The van der Waals surface area contributed by atoms with Crippen molar-refractivity contribution in [1.29, 1.82) is 0 Å². The predicted molar refractivity (Wildman–Crippen MR) is 182 cm³/mol. The number of allylic oxidation sites excluding steroid dienone is 1. The van der Waals surface area contributed by atoms with Gasteiger partial charge in [-0.15, -0.1) is 23.1 Å². The predicted octanol–water partition coefficient (Wildman–Crippen LogP) is 5.38. The minimum Gasteiger partial charge on any atom is -0.448 e. The van der Waals surface area contributed by atoms with Crippen molar-refractivity contribution >= 4 is 58.0 Å². The van der Waals surface area contributed by atoms with Gasteiger partial charge in [0.1, 0.15) is 22.7 Å². The zero-order chi connectivity index (χ0) is 37.1. The molecule has 0 spiro atoms. The molecule has 2 unspecified atom stereocenters. The molecule has 2 aliphatic heterocycles. The number of anilines is 1. The molecule has 5 rings (SSSR count). The Kier molecular flexibility index (Phi) is 10.9. The molecule has 12 nitrogen and oxygen atoms in total. The second kappa shape index (κ2) is 15.0. The first-order chi connectivity index (χ1) is 24.1. The number of β-lactam (4-membered cyclic amide) rings is 1. The second-order valence-corrected chi connectivity index (χ2v) is 14.2. The topological polar surface area (TPSA) is 156 Å². The molecule has 0 aliphatic carbocycles. The van der Waals surface area contributed by atoms with Crippen LogP contribution in [0.5, 0.6) is 0 Å². The highest BCUT2D eigenvalue weighted by Crippen LogP contribution is 2.42. The van der Waals surface area contributed by atoms with Crippen molar-refractivity contribution in [3.8, 4) is 0 Å². The number of thiazole rings is 1. The molecule has 4 amide bonds. The Morgan fingerprint density at radius 1 is 1.02 bits per heavy atom. The Bertz CT molecular complexity index is 1820. The largest absolute Gasteiger partial charge is 0.471 e. The van der Waals surface area contributed by atoms with Gasteiger partial charge < -0.3 is 20.1 Å². The van der Waals surface area contributed by atoms with Crippen molar-refractivity contribution in [2.75, 3.05) is 11.1 Å². The van der Waals surface area contributed by atoms with Crippen molar-refractivity contribution < 1.29 is 46.6 Å². The smallest absolute Gasteiger partial charge is 0.448 e. The van der Waals surface area contributed by atoms with Gasteiger partial charge in [-0.2, -0.15) is 13.2 Å². The summed E-state index contributed by atoms with van der Waals surface area (Å²) in [5, 5.41) is 6.41. The number of rotatable bonds is 10. The van der Waals surface area contributed by atoms with Gasteiger partial charge in [-0.25, -0.2) is 14.6 Å². The van der Waals surface area contributed by atoms with Crippen LogP contribution in [-0.2, 0) is 28.7 Å². The first-order valence-electron chi connectivity index (χ1n) is 15.3. The Balaban J connectivity index is 1.36. The van der Waals surface area contributed by atoms with Crippen LogP contribution >= 0.6 is 23.1 Å². The van der Waals surface area contributed by atoms with Crippen LogP contribution in [0.4, 0.5) is 23.1 Å². The van der Waals surface area contributed by atoms with E-state index in [1.165, 1.54) is 28.1 Å². The maximum atomic E-state index is 13.9. The number of thioether (sulfide) groups is 1. The zero-order valence-electron chi connectivity index (χ0n) is 27.4. The van der Waals surface area contributed by atoms with Crippen LogP contribution in [-0.4, -0.2) is 68.6 Å². The van der Waals surface area contributed by atoms with Gasteiger partial charge in [-0.05, 0) is 37.5 Å². The fourth-order valence-corrected chi connectivity index (χ4v) is 7.19. The molecule has 0 radical (unpaired) electrons. The average molecular weight is 744 g/mol. The number of amides is 4. The zero-order valence-corrected chi connectivity index (χ0v) is 29.0. The lowest BCUT2D eigenvalue weighted by Crippen LogP contribution is -2.71. The highest BCUT2D eigenvalue weighted by molar-refractivity contribution is 8.00. The number of halogens is 3. The molecule has 3 aromatic rings. The number of ether oxygens (including phenoxy) is 2. The lowest BCUT2D eigenvalue weighted by Gasteiger charge is -2.49. The molecular weight excluding hydrogens is 712 g/mol. The molecule has 268 valence electrons. The summed E-state index contributed by atoms with van der Waals surface area (Å²) in [5.41, 5.74) is 0.598. The maximum absolute atomic E-state index is 13.9. The fourth-order valence-electron chi connectivity index (χ4n) is 5.12. The first-order valence-corrected chi connectivity index (χ1v) is 17.2.